The van der Waals surface area contributed by atoms with Crippen LogP contribution in [0, 0.1) is 15.5 Å². The molecule has 0 aliphatic carbocycles. The summed E-state index contributed by atoms with van der Waals surface area (Å²) in [5.74, 6) is -2.02. The molecule has 1 aromatic rings. The van der Waals surface area contributed by atoms with Gasteiger partial charge >= 0.3 is 5.97 Å². The van der Waals surface area contributed by atoms with E-state index in [-0.39, 0.29) is 29.4 Å². The Hall–Kier alpha value is -2.23. The lowest BCUT2D eigenvalue weighted by Crippen LogP contribution is -2.42. The average molecular weight is 356 g/mol. The Labute approximate surface area is 145 Å². The first kappa shape index (κ1) is 20.8. The van der Waals surface area contributed by atoms with E-state index in [1.165, 1.54) is 13.2 Å². The Morgan fingerprint density at radius 2 is 2.00 bits per heavy atom. The zero-order chi connectivity index (χ0) is 19.4. The van der Waals surface area contributed by atoms with E-state index >= 15 is 0 Å². The Kier molecular flexibility index (Phi) is 6.86. The number of aliphatic hydroxyl groups excluding tert-OH is 1. The predicted octanol–water partition coefficient (Wildman–Crippen LogP) is 1.61. The number of rotatable bonds is 8. The van der Waals surface area contributed by atoms with Crippen LogP contribution in [0.25, 0.3) is 0 Å². The summed E-state index contributed by atoms with van der Waals surface area (Å²) in [6, 6.07) is 1.19. The summed E-state index contributed by atoms with van der Waals surface area (Å²) in [5.41, 5.74) is 5.25. The second-order valence-corrected chi connectivity index (χ2v) is 6.69. The van der Waals surface area contributed by atoms with E-state index in [4.69, 9.17) is 15.2 Å². The highest BCUT2D eigenvalue weighted by atomic mass is 16.7. The van der Waals surface area contributed by atoms with Crippen LogP contribution in [0.3, 0.4) is 0 Å². The first-order valence-electron chi connectivity index (χ1n) is 7.56. The lowest BCUT2D eigenvalue weighted by atomic mass is 9.71. The number of nitro groups is 1. The van der Waals surface area contributed by atoms with Gasteiger partial charge in [0.15, 0.2) is 6.79 Å². The van der Waals surface area contributed by atoms with Crippen LogP contribution < -0.4 is 10.5 Å². The fraction of sp³-hybridized carbons (Fsp3) is 0.562. The number of aliphatic carboxylic acids is 1. The fourth-order valence-electron chi connectivity index (χ4n) is 2.76. The van der Waals surface area contributed by atoms with Gasteiger partial charge in [-0.25, -0.2) is 0 Å². The highest BCUT2D eigenvalue weighted by Crippen LogP contribution is 2.43. The summed E-state index contributed by atoms with van der Waals surface area (Å²) in [7, 11) is 1.39. The van der Waals surface area contributed by atoms with Gasteiger partial charge in [-0.2, -0.15) is 0 Å². The second kappa shape index (κ2) is 8.24. The molecule has 0 amide bonds. The van der Waals surface area contributed by atoms with Crippen LogP contribution in [0.2, 0.25) is 0 Å². The van der Waals surface area contributed by atoms with Crippen molar-refractivity contribution in [2.24, 2.45) is 11.1 Å². The van der Waals surface area contributed by atoms with Gasteiger partial charge in [-0.05, 0) is 11.5 Å². The maximum Gasteiger partial charge on any atom is 0.321 e. The number of nitrogens with two attached hydrogens (primary N) is 1. The van der Waals surface area contributed by atoms with Gasteiger partial charge in [-0.3, -0.25) is 14.9 Å². The second-order valence-electron chi connectivity index (χ2n) is 6.69. The molecule has 0 saturated carbocycles. The van der Waals surface area contributed by atoms with E-state index < -0.39 is 34.9 Å². The molecule has 140 valence electrons. The monoisotopic (exact) mass is 356 g/mol. The van der Waals surface area contributed by atoms with Crippen molar-refractivity contribution in [3.63, 3.8) is 0 Å². The van der Waals surface area contributed by atoms with Gasteiger partial charge in [0.05, 0.1) is 17.6 Å². The van der Waals surface area contributed by atoms with E-state index in [9.17, 15) is 25.1 Å². The van der Waals surface area contributed by atoms with Crippen molar-refractivity contribution in [1.29, 1.82) is 0 Å². The van der Waals surface area contributed by atoms with E-state index in [0.29, 0.717) is 0 Å². The first-order chi connectivity index (χ1) is 11.5. The highest BCUT2D eigenvalue weighted by molar-refractivity contribution is 5.75. The van der Waals surface area contributed by atoms with Crippen LogP contribution >= 0.6 is 0 Å². The number of nitro benzene ring substituents is 1. The lowest BCUT2D eigenvalue weighted by Gasteiger charge is -2.33. The van der Waals surface area contributed by atoms with Crippen LogP contribution in [0.5, 0.6) is 5.75 Å². The minimum absolute atomic E-state index is 0.0938. The number of carboxylic acids is 1. The third kappa shape index (κ3) is 4.88. The molecule has 0 radical (unpaired) electrons. The Balaban J connectivity index is 3.63. The standard InChI is InChI=1S/C16H24N2O7/c1-16(2,3)13(14(17)15(20)21)10-5-9(7-19)12(25-8-24-4)6-11(10)18(22)23/h5-6,13-14,19H,7-8,17H2,1-4H3,(H,20,21). The number of hydrogen-bond donors (Lipinski definition) is 3. The number of aliphatic hydroxyl groups is 1. The predicted molar refractivity (Wildman–Crippen MR) is 89.3 cm³/mol. The largest absolute Gasteiger partial charge is 0.480 e. The third-order valence-corrected chi connectivity index (χ3v) is 3.82. The summed E-state index contributed by atoms with van der Waals surface area (Å²) in [6.45, 7) is 4.65. The van der Waals surface area contributed by atoms with E-state index in [2.05, 4.69) is 0 Å². The molecule has 2 unspecified atom stereocenters. The molecule has 0 spiro atoms. The van der Waals surface area contributed by atoms with Crippen molar-refractivity contribution < 1.29 is 29.4 Å². The maximum absolute atomic E-state index is 11.5. The van der Waals surface area contributed by atoms with Gasteiger partial charge in [0.2, 0.25) is 0 Å². The zero-order valence-electron chi connectivity index (χ0n) is 14.7. The molecule has 0 heterocycles. The summed E-state index contributed by atoms with van der Waals surface area (Å²) in [6.07, 6.45) is 0. The van der Waals surface area contributed by atoms with Gasteiger partial charge in [0.1, 0.15) is 11.8 Å². The lowest BCUT2D eigenvalue weighted by molar-refractivity contribution is -0.386. The van der Waals surface area contributed by atoms with Crippen LogP contribution in [-0.4, -0.2) is 41.1 Å². The number of carboxylic acid groups (broad SMARTS) is 1. The number of nitrogens with zero attached hydrogens (tertiary/aromatic N) is 1. The smallest absolute Gasteiger partial charge is 0.321 e. The third-order valence-electron chi connectivity index (χ3n) is 3.82. The average Bonchev–Trinajstić information content (AvgIpc) is 2.51. The Bertz CT molecular complexity index is 640. The number of carbonyl (C=O) groups is 1. The molecule has 0 aliphatic heterocycles. The van der Waals surface area contributed by atoms with Crippen LogP contribution in [0.15, 0.2) is 12.1 Å². The molecular formula is C16H24N2O7. The molecule has 0 saturated heterocycles. The molecule has 0 fully saturated rings. The van der Waals surface area contributed by atoms with Crippen LogP contribution in [-0.2, 0) is 16.1 Å². The molecule has 1 aromatic carbocycles. The first-order valence-corrected chi connectivity index (χ1v) is 7.56. The quantitative estimate of drug-likeness (QED) is 0.362. The van der Waals surface area contributed by atoms with E-state index in [1.807, 2.05) is 0 Å². The van der Waals surface area contributed by atoms with Gasteiger partial charge < -0.3 is 25.4 Å². The minimum atomic E-state index is -1.35. The molecular weight excluding hydrogens is 332 g/mol. The Morgan fingerprint density at radius 3 is 2.40 bits per heavy atom. The molecule has 2 atom stereocenters. The number of hydrogen-bond acceptors (Lipinski definition) is 7. The van der Waals surface area contributed by atoms with Crippen molar-refractivity contribution in [2.45, 2.75) is 39.3 Å². The number of methoxy groups -OCH3 is 1. The summed E-state index contributed by atoms with van der Waals surface area (Å²) in [5, 5.41) is 30.4. The summed E-state index contributed by atoms with van der Waals surface area (Å²) in [4.78, 5) is 22.3. The van der Waals surface area contributed by atoms with E-state index in [0.717, 1.165) is 6.07 Å². The summed E-state index contributed by atoms with van der Waals surface area (Å²) >= 11 is 0. The van der Waals surface area contributed by atoms with Crippen molar-refractivity contribution in [3.8, 4) is 5.75 Å². The number of benzene rings is 1. The summed E-state index contributed by atoms with van der Waals surface area (Å²) < 4.78 is 10.0. The molecule has 25 heavy (non-hydrogen) atoms. The van der Waals surface area contributed by atoms with Crippen molar-refractivity contribution in [3.05, 3.63) is 33.4 Å². The molecule has 9 heteroatoms. The van der Waals surface area contributed by atoms with Gasteiger partial charge in [-0.15, -0.1) is 0 Å². The van der Waals surface area contributed by atoms with Crippen molar-refractivity contribution in [2.75, 3.05) is 13.9 Å². The van der Waals surface area contributed by atoms with Crippen LogP contribution in [0.4, 0.5) is 5.69 Å². The zero-order valence-corrected chi connectivity index (χ0v) is 14.7. The minimum Gasteiger partial charge on any atom is -0.480 e. The van der Waals surface area contributed by atoms with Crippen LogP contribution in [0.1, 0.15) is 37.8 Å². The Morgan fingerprint density at radius 1 is 1.40 bits per heavy atom. The SMILES string of the molecule is COCOc1cc([N+](=O)[O-])c(C(C(N)C(=O)O)C(C)(C)C)cc1CO. The molecule has 0 aromatic heterocycles. The van der Waals surface area contributed by atoms with Gasteiger partial charge in [0, 0.05) is 24.2 Å². The highest BCUT2D eigenvalue weighted by Gasteiger charge is 2.40. The van der Waals surface area contributed by atoms with Gasteiger partial charge in [0.25, 0.3) is 5.69 Å². The molecule has 9 nitrogen and oxygen atoms in total. The normalized spacial score (nSPS) is 14.0. The molecule has 1 rings (SSSR count). The fourth-order valence-corrected chi connectivity index (χ4v) is 2.76. The molecule has 0 bridgehead atoms. The number of ether oxygens (including phenoxy) is 2. The van der Waals surface area contributed by atoms with Gasteiger partial charge in [-0.1, -0.05) is 20.8 Å². The maximum atomic E-state index is 11.5. The topological polar surface area (TPSA) is 145 Å². The van der Waals surface area contributed by atoms with E-state index in [1.54, 1.807) is 20.8 Å². The van der Waals surface area contributed by atoms with Crippen molar-refractivity contribution in [1.82, 2.24) is 0 Å². The van der Waals surface area contributed by atoms with Crippen molar-refractivity contribution >= 4 is 11.7 Å². The molecule has 0 aliphatic rings. The molecule has 4 N–H and O–H groups in total.